The molecule has 6 nitrogen and oxygen atoms in total. The smallest absolute Gasteiger partial charge is 0.191 e. The van der Waals surface area contributed by atoms with E-state index in [-0.39, 0.29) is 30.1 Å². The second kappa shape index (κ2) is 8.52. The number of aliphatic imine (C=N–C) groups is 1. The number of ether oxygens (including phenoxy) is 1. The Morgan fingerprint density at radius 2 is 2.05 bits per heavy atom. The Morgan fingerprint density at radius 1 is 1.38 bits per heavy atom. The largest absolute Gasteiger partial charge is 0.375 e. The molecule has 0 spiro atoms. The SMILES string of the molecule is CC1CN(C(N)=NCCC2CCS(=O)(=O)CC2)CCO1.I. The highest BCUT2D eigenvalue weighted by Crippen LogP contribution is 2.21. The zero-order chi connectivity index (χ0) is 14.6. The lowest BCUT2D eigenvalue weighted by atomic mass is 9.99. The summed E-state index contributed by atoms with van der Waals surface area (Å²) in [4.78, 5) is 6.48. The Hall–Kier alpha value is -0.0900. The summed E-state index contributed by atoms with van der Waals surface area (Å²) in [7, 11) is -2.76. The number of nitrogens with zero attached hydrogens (tertiary/aromatic N) is 2. The van der Waals surface area contributed by atoms with Gasteiger partial charge in [-0.15, -0.1) is 24.0 Å². The summed E-state index contributed by atoms with van der Waals surface area (Å²) in [5.41, 5.74) is 5.99. The Bertz CT molecular complexity index is 442. The molecule has 0 aromatic carbocycles. The fourth-order valence-corrected chi connectivity index (χ4v) is 4.30. The summed E-state index contributed by atoms with van der Waals surface area (Å²) in [5.74, 6) is 1.72. The molecule has 2 heterocycles. The van der Waals surface area contributed by atoms with Crippen molar-refractivity contribution >= 4 is 39.8 Å². The Labute approximate surface area is 144 Å². The topological polar surface area (TPSA) is 85.0 Å². The molecule has 0 aromatic heterocycles. The van der Waals surface area contributed by atoms with Gasteiger partial charge in [0, 0.05) is 19.6 Å². The second-order valence-corrected chi connectivity index (χ2v) is 8.05. The molecular formula is C13H26IN3O3S. The van der Waals surface area contributed by atoms with Gasteiger partial charge in [-0.25, -0.2) is 8.42 Å². The van der Waals surface area contributed by atoms with E-state index in [0.29, 0.717) is 36.5 Å². The molecule has 0 bridgehead atoms. The first-order chi connectivity index (χ1) is 9.46. The third-order valence-corrected chi connectivity index (χ3v) is 5.77. The summed E-state index contributed by atoms with van der Waals surface area (Å²) in [6.45, 7) is 4.99. The van der Waals surface area contributed by atoms with Crippen LogP contribution in [0.1, 0.15) is 26.2 Å². The Balaban J connectivity index is 0.00000220. The van der Waals surface area contributed by atoms with Crippen LogP contribution >= 0.6 is 24.0 Å². The van der Waals surface area contributed by atoms with Crippen LogP contribution in [0.4, 0.5) is 0 Å². The maximum absolute atomic E-state index is 11.3. The van der Waals surface area contributed by atoms with Gasteiger partial charge in [0.1, 0.15) is 9.84 Å². The third-order valence-electron chi connectivity index (χ3n) is 4.05. The summed E-state index contributed by atoms with van der Waals surface area (Å²) < 4.78 is 28.2. The van der Waals surface area contributed by atoms with Gasteiger partial charge in [-0.05, 0) is 32.1 Å². The molecule has 1 unspecified atom stereocenters. The standard InChI is InChI=1S/C13H25N3O3S.HI/c1-11-10-16(6-7-19-11)13(14)15-5-2-12-3-8-20(17,18)9-4-12;/h11-12H,2-10H2,1H3,(H2,14,15);1H. The van der Waals surface area contributed by atoms with E-state index >= 15 is 0 Å². The molecule has 2 aliphatic heterocycles. The highest BCUT2D eigenvalue weighted by Gasteiger charge is 2.23. The molecule has 0 amide bonds. The van der Waals surface area contributed by atoms with Crippen molar-refractivity contribution in [3.8, 4) is 0 Å². The van der Waals surface area contributed by atoms with Crippen LogP contribution in [0, 0.1) is 5.92 Å². The zero-order valence-electron chi connectivity index (χ0n) is 12.5. The van der Waals surface area contributed by atoms with Crippen LogP contribution < -0.4 is 5.73 Å². The van der Waals surface area contributed by atoms with Crippen LogP contribution in [0.5, 0.6) is 0 Å². The van der Waals surface area contributed by atoms with Crippen LogP contribution in [-0.4, -0.2) is 63.1 Å². The van der Waals surface area contributed by atoms with Gasteiger partial charge in [0.05, 0.1) is 24.2 Å². The maximum atomic E-state index is 11.3. The van der Waals surface area contributed by atoms with Crippen molar-refractivity contribution in [2.75, 3.05) is 37.7 Å². The number of morpholine rings is 1. The van der Waals surface area contributed by atoms with Gasteiger partial charge in [0.15, 0.2) is 5.96 Å². The molecule has 2 fully saturated rings. The van der Waals surface area contributed by atoms with Gasteiger partial charge in [-0.2, -0.15) is 0 Å². The van der Waals surface area contributed by atoms with E-state index < -0.39 is 9.84 Å². The molecular weight excluding hydrogens is 405 g/mol. The van der Waals surface area contributed by atoms with E-state index in [1.807, 2.05) is 6.92 Å². The number of sulfone groups is 1. The van der Waals surface area contributed by atoms with Gasteiger partial charge in [0.2, 0.25) is 0 Å². The number of nitrogens with two attached hydrogens (primary N) is 1. The van der Waals surface area contributed by atoms with E-state index in [9.17, 15) is 8.42 Å². The number of hydrogen-bond donors (Lipinski definition) is 1. The van der Waals surface area contributed by atoms with Gasteiger partial charge >= 0.3 is 0 Å². The Kier molecular flexibility index (Phi) is 7.69. The minimum Gasteiger partial charge on any atom is -0.375 e. The lowest BCUT2D eigenvalue weighted by Crippen LogP contribution is -2.47. The molecule has 0 saturated carbocycles. The van der Waals surface area contributed by atoms with Gasteiger partial charge in [0.25, 0.3) is 0 Å². The molecule has 124 valence electrons. The third kappa shape index (κ3) is 6.27. The van der Waals surface area contributed by atoms with Crippen molar-refractivity contribution in [1.82, 2.24) is 4.90 Å². The number of rotatable bonds is 3. The van der Waals surface area contributed by atoms with Crippen LogP contribution in [0.15, 0.2) is 4.99 Å². The van der Waals surface area contributed by atoms with Crippen molar-refractivity contribution in [3.63, 3.8) is 0 Å². The van der Waals surface area contributed by atoms with Crippen molar-refractivity contribution in [2.45, 2.75) is 32.3 Å². The quantitative estimate of drug-likeness (QED) is 0.407. The van der Waals surface area contributed by atoms with Crippen LogP contribution in [0.25, 0.3) is 0 Å². The zero-order valence-corrected chi connectivity index (χ0v) is 15.7. The number of hydrogen-bond acceptors (Lipinski definition) is 4. The van der Waals surface area contributed by atoms with Crippen molar-refractivity contribution in [2.24, 2.45) is 16.6 Å². The van der Waals surface area contributed by atoms with E-state index in [1.165, 1.54) is 0 Å². The van der Waals surface area contributed by atoms with Crippen molar-refractivity contribution in [1.29, 1.82) is 0 Å². The molecule has 0 aliphatic carbocycles. The van der Waals surface area contributed by atoms with E-state index in [1.54, 1.807) is 0 Å². The summed E-state index contributed by atoms with van der Waals surface area (Å²) in [6.07, 6.45) is 2.66. The van der Waals surface area contributed by atoms with E-state index in [0.717, 1.165) is 32.4 Å². The lowest BCUT2D eigenvalue weighted by Gasteiger charge is -2.32. The molecule has 0 aromatic rings. The summed E-state index contributed by atoms with van der Waals surface area (Å²) in [5, 5.41) is 0. The normalized spacial score (nSPS) is 27.2. The van der Waals surface area contributed by atoms with Gasteiger partial charge in [-0.3, -0.25) is 4.99 Å². The molecule has 2 rings (SSSR count). The fraction of sp³-hybridized carbons (Fsp3) is 0.923. The molecule has 0 radical (unpaired) electrons. The Morgan fingerprint density at radius 3 is 2.67 bits per heavy atom. The monoisotopic (exact) mass is 431 g/mol. The lowest BCUT2D eigenvalue weighted by molar-refractivity contribution is 0.00529. The van der Waals surface area contributed by atoms with Crippen LogP contribution in [-0.2, 0) is 14.6 Å². The fourth-order valence-electron chi connectivity index (χ4n) is 2.72. The average molecular weight is 431 g/mol. The summed E-state index contributed by atoms with van der Waals surface area (Å²) in [6, 6.07) is 0. The van der Waals surface area contributed by atoms with Crippen LogP contribution in [0.3, 0.4) is 0 Å². The summed E-state index contributed by atoms with van der Waals surface area (Å²) >= 11 is 0. The minimum atomic E-state index is -2.76. The second-order valence-electron chi connectivity index (χ2n) is 5.75. The van der Waals surface area contributed by atoms with Crippen LogP contribution in [0.2, 0.25) is 0 Å². The van der Waals surface area contributed by atoms with Crippen molar-refractivity contribution < 1.29 is 13.2 Å². The average Bonchev–Trinajstić information content (AvgIpc) is 2.40. The molecule has 2 saturated heterocycles. The maximum Gasteiger partial charge on any atom is 0.191 e. The first-order valence-electron chi connectivity index (χ1n) is 7.33. The molecule has 2 N–H and O–H groups in total. The molecule has 8 heteroatoms. The first-order valence-corrected chi connectivity index (χ1v) is 9.15. The predicted octanol–water partition coefficient (Wildman–Crippen LogP) is 0.855. The number of halogens is 1. The highest BCUT2D eigenvalue weighted by atomic mass is 127. The minimum absolute atomic E-state index is 0. The molecule has 21 heavy (non-hydrogen) atoms. The predicted molar refractivity (Wildman–Crippen MR) is 94.9 cm³/mol. The molecule has 2 aliphatic rings. The van der Waals surface area contributed by atoms with E-state index in [2.05, 4.69) is 9.89 Å². The first kappa shape index (κ1) is 19.0. The van der Waals surface area contributed by atoms with Gasteiger partial charge < -0.3 is 15.4 Å². The van der Waals surface area contributed by atoms with E-state index in [4.69, 9.17) is 10.5 Å². The van der Waals surface area contributed by atoms with Crippen molar-refractivity contribution in [3.05, 3.63) is 0 Å². The number of guanidine groups is 1. The molecule has 1 atom stereocenters. The highest BCUT2D eigenvalue weighted by molar-refractivity contribution is 14.0. The van der Waals surface area contributed by atoms with Gasteiger partial charge in [-0.1, -0.05) is 0 Å².